The molecule has 0 aliphatic carbocycles. The van der Waals surface area contributed by atoms with Crippen molar-refractivity contribution in [3.63, 3.8) is 0 Å². The molecule has 29 heavy (non-hydrogen) atoms. The van der Waals surface area contributed by atoms with Crippen molar-refractivity contribution in [3.05, 3.63) is 84.4 Å². The van der Waals surface area contributed by atoms with Gasteiger partial charge in [-0.3, -0.25) is 9.59 Å². The van der Waals surface area contributed by atoms with Gasteiger partial charge in [0.15, 0.2) is 5.75 Å². The Morgan fingerprint density at radius 2 is 1.45 bits per heavy atom. The van der Waals surface area contributed by atoms with Crippen molar-refractivity contribution in [2.75, 3.05) is 31.3 Å². The number of benzene rings is 3. The van der Waals surface area contributed by atoms with Crippen molar-refractivity contribution in [3.8, 4) is 11.5 Å². The van der Waals surface area contributed by atoms with Crippen molar-refractivity contribution >= 4 is 23.2 Å². The van der Waals surface area contributed by atoms with E-state index in [1.807, 2.05) is 48.5 Å². The summed E-state index contributed by atoms with van der Waals surface area (Å²) < 4.78 is 5.86. The average Bonchev–Trinajstić information content (AvgIpc) is 2.74. The minimum atomic E-state index is -0.249. The van der Waals surface area contributed by atoms with Crippen LogP contribution < -0.4 is 15.4 Å². The lowest BCUT2D eigenvalue weighted by Crippen LogP contribution is -2.25. The number of hydrogen-bond donors (Lipinski definition) is 2. The van der Waals surface area contributed by atoms with Crippen LogP contribution in [0.25, 0.3) is 0 Å². The second-order valence-corrected chi connectivity index (χ2v) is 6.56. The molecule has 2 amide bonds. The molecule has 6 nitrogen and oxygen atoms in total. The molecule has 0 bridgehead atoms. The topological polar surface area (TPSA) is 70.7 Å². The number of rotatable bonds is 7. The van der Waals surface area contributed by atoms with Gasteiger partial charge in [-0.1, -0.05) is 42.5 Å². The standard InChI is InChI=1S/C23H23N3O3/c1-26(2)23(28)18-12-6-7-13-19(18)24-16-22(27)25-20-14-8-9-15-21(20)29-17-10-4-3-5-11-17/h3-15,24H,16H2,1-2H3,(H,25,27). The van der Waals surface area contributed by atoms with Crippen molar-refractivity contribution < 1.29 is 14.3 Å². The van der Waals surface area contributed by atoms with Gasteiger partial charge in [0, 0.05) is 19.8 Å². The summed E-state index contributed by atoms with van der Waals surface area (Å²) in [6, 6.07) is 23.7. The zero-order chi connectivity index (χ0) is 20.6. The fourth-order valence-electron chi connectivity index (χ4n) is 2.71. The van der Waals surface area contributed by atoms with Crippen molar-refractivity contribution in [1.29, 1.82) is 0 Å². The lowest BCUT2D eigenvalue weighted by Gasteiger charge is -2.16. The molecule has 0 saturated heterocycles. The third-order valence-electron chi connectivity index (χ3n) is 4.14. The van der Waals surface area contributed by atoms with Crippen LogP contribution in [0.4, 0.5) is 11.4 Å². The third-order valence-corrected chi connectivity index (χ3v) is 4.14. The Morgan fingerprint density at radius 3 is 2.17 bits per heavy atom. The molecule has 3 rings (SSSR count). The van der Waals surface area contributed by atoms with Crippen LogP contribution >= 0.6 is 0 Å². The van der Waals surface area contributed by atoms with Crippen LogP contribution in [0.5, 0.6) is 11.5 Å². The maximum absolute atomic E-state index is 12.5. The fourth-order valence-corrected chi connectivity index (χ4v) is 2.71. The first-order valence-corrected chi connectivity index (χ1v) is 9.21. The highest BCUT2D eigenvalue weighted by Crippen LogP contribution is 2.29. The monoisotopic (exact) mass is 389 g/mol. The third kappa shape index (κ3) is 5.35. The number of para-hydroxylation sites is 4. The second kappa shape index (κ2) is 9.41. The normalized spacial score (nSPS) is 10.1. The van der Waals surface area contributed by atoms with E-state index in [2.05, 4.69) is 10.6 Å². The summed E-state index contributed by atoms with van der Waals surface area (Å²) in [5.74, 6) is 0.856. The number of carbonyl (C=O) groups excluding carboxylic acids is 2. The number of anilines is 2. The highest BCUT2D eigenvalue weighted by atomic mass is 16.5. The minimum absolute atomic E-state index is 0.0113. The Kier molecular flexibility index (Phi) is 6.47. The molecule has 148 valence electrons. The van der Waals surface area contributed by atoms with Gasteiger partial charge in [0.1, 0.15) is 5.75 Å². The largest absolute Gasteiger partial charge is 0.455 e. The predicted molar refractivity (Wildman–Crippen MR) is 115 cm³/mol. The van der Waals surface area contributed by atoms with E-state index in [-0.39, 0.29) is 18.4 Å². The van der Waals surface area contributed by atoms with Crippen molar-refractivity contribution in [2.45, 2.75) is 0 Å². The molecule has 0 radical (unpaired) electrons. The van der Waals surface area contributed by atoms with Gasteiger partial charge in [-0.2, -0.15) is 0 Å². The Hall–Kier alpha value is -3.80. The van der Waals surface area contributed by atoms with Gasteiger partial charge in [0.2, 0.25) is 5.91 Å². The molecule has 2 N–H and O–H groups in total. The van der Waals surface area contributed by atoms with Gasteiger partial charge in [-0.15, -0.1) is 0 Å². The Morgan fingerprint density at radius 1 is 0.828 bits per heavy atom. The average molecular weight is 389 g/mol. The number of nitrogens with one attached hydrogen (secondary N) is 2. The lowest BCUT2D eigenvalue weighted by atomic mass is 10.1. The van der Waals surface area contributed by atoms with Crippen LogP contribution in [0.3, 0.4) is 0 Å². The minimum Gasteiger partial charge on any atom is -0.455 e. The van der Waals surface area contributed by atoms with Gasteiger partial charge < -0.3 is 20.3 Å². The Bertz CT molecular complexity index is 987. The number of amides is 2. The molecule has 0 atom stereocenters. The number of carbonyl (C=O) groups is 2. The second-order valence-electron chi connectivity index (χ2n) is 6.56. The van der Waals surface area contributed by atoms with Gasteiger partial charge >= 0.3 is 0 Å². The maximum Gasteiger partial charge on any atom is 0.255 e. The zero-order valence-corrected chi connectivity index (χ0v) is 16.4. The fraction of sp³-hybridized carbons (Fsp3) is 0.130. The Balaban J connectivity index is 1.66. The van der Waals surface area contributed by atoms with Crippen molar-refractivity contribution in [1.82, 2.24) is 4.90 Å². The first-order chi connectivity index (χ1) is 14.0. The number of nitrogens with zero attached hydrogens (tertiary/aromatic N) is 1. The SMILES string of the molecule is CN(C)C(=O)c1ccccc1NCC(=O)Nc1ccccc1Oc1ccccc1. The first-order valence-electron chi connectivity index (χ1n) is 9.21. The van der Waals surface area contributed by atoms with Gasteiger partial charge in [0.25, 0.3) is 5.91 Å². The molecule has 0 aromatic heterocycles. The van der Waals surface area contributed by atoms with Gasteiger partial charge in [-0.05, 0) is 36.4 Å². The summed E-state index contributed by atoms with van der Waals surface area (Å²) in [4.78, 5) is 26.3. The van der Waals surface area contributed by atoms with Gasteiger partial charge in [0.05, 0.1) is 17.8 Å². The van der Waals surface area contributed by atoms with E-state index in [0.717, 1.165) is 0 Å². The van der Waals surface area contributed by atoms with E-state index in [1.165, 1.54) is 4.90 Å². The first kappa shape index (κ1) is 19.9. The summed E-state index contributed by atoms with van der Waals surface area (Å²) in [5.41, 5.74) is 1.69. The quantitative estimate of drug-likeness (QED) is 0.634. The lowest BCUT2D eigenvalue weighted by molar-refractivity contribution is -0.114. The van der Waals surface area contributed by atoms with Crippen LogP contribution in [-0.4, -0.2) is 37.4 Å². The molecular weight excluding hydrogens is 366 g/mol. The maximum atomic E-state index is 12.5. The summed E-state index contributed by atoms with van der Waals surface area (Å²) in [6.07, 6.45) is 0. The molecule has 6 heteroatoms. The summed E-state index contributed by atoms with van der Waals surface area (Å²) in [6.45, 7) is 0.0113. The summed E-state index contributed by atoms with van der Waals surface area (Å²) in [5, 5.41) is 5.89. The molecule has 3 aromatic rings. The highest BCUT2D eigenvalue weighted by molar-refractivity contribution is 6.00. The van der Waals surface area contributed by atoms with Crippen LogP contribution in [0, 0.1) is 0 Å². The number of ether oxygens (including phenoxy) is 1. The molecule has 0 heterocycles. The molecule has 0 unspecified atom stereocenters. The molecular formula is C23H23N3O3. The van der Waals surface area contributed by atoms with E-state index in [0.29, 0.717) is 28.4 Å². The van der Waals surface area contributed by atoms with Crippen LogP contribution in [0.2, 0.25) is 0 Å². The van der Waals surface area contributed by atoms with E-state index in [4.69, 9.17) is 4.74 Å². The molecule has 0 saturated carbocycles. The van der Waals surface area contributed by atoms with E-state index in [1.54, 1.807) is 44.4 Å². The predicted octanol–water partition coefficient (Wildman–Crippen LogP) is 4.23. The van der Waals surface area contributed by atoms with E-state index < -0.39 is 0 Å². The zero-order valence-electron chi connectivity index (χ0n) is 16.4. The molecule has 0 aliphatic rings. The molecule has 0 aliphatic heterocycles. The van der Waals surface area contributed by atoms with Crippen LogP contribution in [0.15, 0.2) is 78.9 Å². The van der Waals surface area contributed by atoms with Gasteiger partial charge in [-0.25, -0.2) is 0 Å². The highest BCUT2D eigenvalue weighted by Gasteiger charge is 2.14. The Labute approximate surface area is 170 Å². The van der Waals surface area contributed by atoms with E-state index >= 15 is 0 Å². The van der Waals surface area contributed by atoms with Crippen LogP contribution in [0.1, 0.15) is 10.4 Å². The molecule has 3 aromatic carbocycles. The summed E-state index contributed by atoms with van der Waals surface area (Å²) >= 11 is 0. The molecule has 0 fully saturated rings. The van der Waals surface area contributed by atoms with Crippen molar-refractivity contribution in [2.24, 2.45) is 0 Å². The number of hydrogen-bond acceptors (Lipinski definition) is 4. The van der Waals surface area contributed by atoms with Crippen LogP contribution in [-0.2, 0) is 4.79 Å². The molecule has 0 spiro atoms. The summed E-state index contributed by atoms with van der Waals surface area (Å²) in [7, 11) is 3.38. The van der Waals surface area contributed by atoms with E-state index in [9.17, 15) is 9.59 Å². The smallest absolute Gasteiger partial charge is 0.255 e.